The summed E-state index contributed by atoms with van der Waals surface area (Å²) >= 11 is 0. The second-order valence-corrected chi connectivity index (χ2v) is 7.96. The Morgan fingerprint density at radius 1 is 1.19 bits per heavy atom. The monoisotopic (exact) mass is 480 g/mol. The van der Waals surface area contributed by atoms with Crippen LogP contribution in [0, 0.1) is 11.3 Å². The van der Waals surface area contributed by atoms with Crippen molar-refractivity contribution in [2.75, 3.05) is 53.0 Å². The molecule has 0 atom stereocenters. The Balaban J connectivity index is 0.00000338. The first-order valence-corrected chi connectivity index (χ1v) is 10.4. The van der Waals surface area contributed by atoms with Crippen LogP contribution in [0.25, 0.3) is 0 Å². The molecule has 2 aliphatic rings. The van der Waals surface area contributed by atoms with E-state index in [1.807, 2.05) is 0 Å². The van der Waals surface area contributed by atoms with E-state index in [-0.39, 0.29) is 24.0 Å². The van der Waals surface area contributed by atoms with Crippen molar-refractivity contribution in [2.24, 2.45) is 16.3 Å². The summed E-state index contributed by atoms with van der Waals surface area (Å²) in [5.74, 6) is 1.78. The molecule has 0 amide bonds. The minimum atomic E-state index is 0. The maximum Gasteiger partial charge on any atom is 0.191 e. The summed E-state index contributed by atoms with van der Waals surface area (Å²) in [4.78, 5) is 7.52. The number of methoxy groups -OCH3 is 1. The van der Waals surface area contributed by atoms with Gasteiger partial charge in [-0.15, -0.1) is 24.0 Å². The number of likely N-dealkylation sites (tertiary alicyclic amines) is 1. The molecule has 1 saturated heterocycles. The van der Waals surface area contributed by atoms with Crippen LogP contribution in [-0.4, -0.2) is 63.8 Å². The van der Waals surface area contributed by atoms with Gasteiger partial charge in [0.2, 0.25) is 0 Å². The van der Waals surface area contributed by atoms with Crippen LogP contribution >= 0.6 is 24.0 Å². The van der Waals surface area contributed by atoms with Crippen LogP contribution in [0.2, 0.25) is 0 Å². The minimum absolute atomic E-state index is 0. The summed E-state index contributed by atoms with van der Waals surface area (Å²) < 4.78 is 5.30. The third-order valence-corrected chi connectivity index (χ3v) is 5.97. The zero-order chi connectivity index (χ0) is 18.0. The van der Waals surface area contributed by atoms with Crippen molar-refractivity contribution in [2.45, 2.75) is 58.8 Å². The summed E-state index contributed by atoms with van der Waals surface area (Å²) in [6.07, 6.45) is 8.98. The third-order valence-electron chi connectivity index (χ3n) is 5.97. The van der Waals surface area contributed by atoms with Gasteiger partial charge in [-0.1, -0.05) is 13.3 Å². The lowest BCUT2D eigenvalue weighted by Gasteiger charge is -2.41. The van der Waals surface area contributed by atoms with Gasteiger partial charge in [0, 0.05) is 33.4 Å². The maximum absolute atomic E-state index is 5.30. The lowest BCUT2D eigenvalue weighted by molar-refractivity contribution is 0.0778. The summed E-state index contributed by atoms with van der Waals surface area (Å²) in [5, 5.41) is 7.03. The van der Waals surface area contributed by atoms with Crippen LogP contribution in [0.5, 0.6) is 0 Å². The van der Waals surface area contributed by atoms with E-state index in [0.717, 1.165) is 44.5 Å². The molecule has 0 bridgehead atoms. The predicted molar refractivity (Wildman–Crippen MR) is 122 cm³/mol. The van der Waals surface area contributed by atoms with Gasteiger partial charge in [-0.05, 0) is 76.4 Å². The highest BCUT2D eigenvalue weighted by molar-refractivity contribution is 14.0. The first-order valence-electron chi connectivity index (χ1n) is 10.4. The minimum Gasteiger partial charge on any atom is -0.385 e. The van der Waals surface area contributed by atoms with Gasteiger partial charge in [-0.3, -0.25) is 4.99 Å². The Hall–Kier alpha value is -0.0800. The number of halogens is 1. The van der Waals surface area contributed by atoms with Crippen molar-refractivity contribution in [3.8, 4) is 0 Å². The van der Waals surface area contributed by atoms with Gasteiger partial charge >= 0.3 is 0 Å². The van der Waals surface area contributed by atoms with Crippen LogP contribution in [-0.2, 0) is 4.74 Å². The van der Waals surface area contributed by atoms with Gasteiger partial charge in [0.15, 0.2) is 5.96 Å². The van der Waals surface area contributed by atoms with Gasteiger partial charge in [0.1, 0.15) is 0 Å². The molecule has 0 radical (unpaired) electrons. The average Bonchev–Trinajstić information content (AvgIpc) is 2.60. The molecule has 2 rings (SSSR count). The van der Waals surface area contributed by atoms with E-state index < -0.39 is 0 Å². The maximum atomic E-state index is 5.30. The van der Waals surface area contributed by atoms with Crippen molar-refractivity contribution in [3.63, 3.8) is 0 Å². The summed E-state index contributed by atoms with van der Waals surface area (Å²) in [5.41, 5.74) is 0.393. The first-order chi connectivity index (χ1) is 12.2. The van der Waals surface area contributed by atoms with E-state index in [1.165, 1.54) is 58.2 Å². The summed E-state index contributed by atoms with van der Waals surface area (Å²) in [7, 11) is 1.80. The van der Waals surface area contributed by atoms with Gasteiger partial charge in [-0.2, -0.15) is 0 Å². The molecular weight excluding hydrogens is 439 g/mol. The number of rotatable bonds is 10. The quantitative estimate of drug-likeness (QED) is 0.286. The number of nitrogens with zero attached hydrogens (tertiary/aromatic N) is 2. The van der Waals surface area contributed by atoms with E-state index in [9.17, 15) is 0 Å². The van der Waals surface area contributed by atoms with Crippen molar-refractivity contribution in [1.82, 2.24) is 15.5 Å². The second kappa shape index (κ2) is 13.2. The van der Waals surface area contributed by atoms with Gasteiger partial charge < -0.3 is 20.3 Å². The molecule has 1 aliphatic carbocycles. The molecule has 0 aromatic rings. The zero-order valence-corrected chi connectivity index (χ0v) is 19.5. The normalized spacial score (nSPS) is 21.0. The predicted octanol–water partition coefficient (Wildman–Crippen LogP) is 3.49. The van der Waals surface area contributed by atoms with E-state index in [4.69, 9.17) is 9.73 Å². The topological polar surface area (TPSA) is 48.9 Å². The summed E-state index contributed by atoms with van der Waals surface area (Å²) in [6.45, 7) is 12.0. The standard InChI is InChI=1S/C20H40N4O.HI/c1-4-12-24-13-7-18(8-14-24)16-22-19(21-5-2)23-17-20(9-6-10-20)11-15-25-3;/h18H,4-17H2,1-3H3,(H2,21,22,23);1H. The van der Waals surface area contributed by atoms with Crippen molar-refractivity contribution in [3.05, 3.63) is 0 Å². The number of nitrogens with one attached hydrogen (secondary N) is 2. The molecule has 0 unspecified atom stereocenters. The van der Waals surface area contributed by atoms with Crippen molar-refractivity contribution >= 4 is 29.9 Å². The van der Waals surface area contributed by atoms with Crippen LogP contribution in [0.4, 0.5) is 0 Å². The molecule has 2 fully saturated rings. The van der Waals surface area contributed by atoms with Gasteiger partial charge in [0.25, 0.3) is 0 Å². The smallest absolute Gasteiger partial charge is 0.191 e. The number of hydrogen-bond acceptors (Lipinski definition) is 3. The Morgan fingerprint density at radius 3 is 2.46 bits per heavy atom. The lowest BCUT2D eigenvalue weighted by Crippen LogP contribution is -2.44. The Kier molecular flexibility index (Phi) is 12.1. The SMILES string of the molecule is CCCN1CCC(CNC(=NCC2(CCOC)CCC2)NCC)CC1.I. The zero-order valence-electron chi connectivity index (χ0n) is 17.2. The Bertz CT molecular complexity index is 393. The molecule has 5 nitrogen and oxygen atoms in total. The van der Waals surface area contributed by atoms with Crippen LogP contribution in [0.1, 0.15) is 58.8 Å². The summed E-state index contributed by atoms with van der Waals surface area (Å²) in [6, 6.07) is 0. The van der Waals surface area contributed by atoms with E-state index in [2.05, 4.69) is 29.4 Å². The highest BCUT2D eigenvalue weighted by Gasteiger charge is 2.36. The Morgan fingerprint density at radius 2 is 1.92 bits per heavy atom. The molecule has 0 spiro atoms. The third kappa shape index (κ3) is 7.89. The molecule has 1 saturated carbocycles. The van der Waals surface area contributed by atoms with E-state index in [0.29, 0.717) is 5.41 Å². The molecular formula is C20H41IN4O. The lowest BCUT2D eigenvalue weighted by atomic mass is 9.67. The highest BCUT2D eigenvalue weighted by Crippen LogP contribution is 2.44. The van der Waals surface area contributed by atoms with E-state index >= 15 is 0 Å². The van der Waals surface area contributed by atoms with Crippen molar-refractivity contribution in [1.29, 1.82) is 0 Å². The number of guanidine groups is 1. The molecule has 2 N–H and O–H groups in total. The molecule has 26 heavy (non-hydrogen) atoms. The van der Waals surface area contributed by atoms with Gasteiger partial charge in [0.05, 0.1) is 0 Å². The fourth-order valence-electron chi connectivity index (χ4n) is 4.04. The molecule has 1 aliphatic heterocycles. The largest absolute Gasteiger partial charge is 0.385 e. The fourth-order valence-corrected chi connectivity index (χ4v) is 4.04. The molecule has 1 heterocycles. The van der Waals surface area contributed by atoms with E-state index in [1.54, 1.807) is 7.11 Å². The average molecular weight is 480 g/mol. The number of piperidine rings is 1. The molecule has 6 heteroatoms. The van der Waals surface area contributed by atoms with Crippen LogP contribution in [0.3, 0.4) is 0 Å². The van der Waals surface area contributed by atoms with Crippen LogP contribution in [0.15, 0.2) is 4.99 Å². The molecule has 0 aromatic heterocycles. The number of ether oxygens (including phenoxy) is 1. The number of aliphatic imine (C=N–C) groups is 1. The molecule has 0 aromatic carbocycles. The van der Waals surface area contributed by atoms with Gasteiger partial charge in [-0.25, -0.2) is 0 Å². The first kappa shape index (κ1) is 24.0. The fraction of sp³-hybridized carbons (Fsp3) is 0.950. The van der Waals surface area contributed by atoms with Crippen LogP contribution < -0.4 is 10.6 Å². The second-order valence-electron chi connectivity index (χ2n) is 7.96. The number of hydrogen-bond donors (Lipinski definition) is 2. The Labute approximate surface area is 178 Å². The molecule has 154 valence electrons. The van der Waals surface area contributed by atoms with Crippen molar-refractivity contribution < 1.29 is 4.74 Å². The highest BCUT2D eigenvalue weighted by atomic mass is 127.